The first-order chi connectivity index (χ1) is 13.0. The molecule has 0 radical (unpaired) electrons. The smallest absolute Gasteiger partial charge is 0.255 e. The lowest BCUT2D eigenvalue weighted by atomic mass is 10.1. The number of ether oxygens (including phenoxy) is 1. The van der Waals surface area contributed by atoms with Gasteiger partial charge >= 0.3 is 0 Å². The molecule has 0 aliphatic rings. The van der Waals surface area contributed by atoms with Crippen molar-refractivity contribution in [2.45, 2.75) is 26.8 Å². The van der Waals surface area contributed by atoms with Crippen molar-refractivity contribution >= 4 is 22.7 Å². The van der Waals surface area contributed by atoms with Gasteiger partial charge in [0, 0.05) is 28.7 Å². The molecule has 3 rings (SSSR count). The van der Waals surface area contributed by atoms with Crippen molar-refractivity contribution in [3.63, 3.8) is 0 Å². The molecule has 0 saturated carbocycles. The second-order valence-electron chi connectivity index (χ2n) is 6.43. The van der Waals surface area contributed by atoms with E-state index in [-0.39, 0.29) is 12.5 Å². The van der Waals surface area contributed by atoms with Gasteiger partial charge in [-0.15, -0.1) is 0 Å². The average molecular weight is 365 g/mol. The minimum Gasteiger partial charge on any atom is -0.484 e. The van der Waals surface area contributed by atoms with Crippen molar-refractivity contribution in [2.24, 2.45) is 5.73 Å². The number of amides is 2. The van der Waals surface area contributed by atoms with Crippen molar-refractivity contribution in [3.05, 3.63) is 64.8 Å². The van der Waals surface area contributed by atoms with Crippen LogP contribution in [0.1, 0.15) is 34.1 Å². The summed E-state index contributed by atoms with van der Waals surface area (Å²) >= 11 is 0. The normalized spacial score (nSPS) is 10.7. The van der Waals surface area contributed by atoms with Gasteiger partial charge in [0.05, 0.1) is 0 Å². The molecule has 6 nitrogen and oxygen atoms in total. The van der Waals surface area contributed by atoms with E-state index in [9.17, 15) is 9.59 Å². The first-order valence-corrected chi connectivity index (χ1v) is 8.87. The number of rotatable bonds is 7. The third-order valence-electron chi connectivity index (χ3n) is 4.51. The summed E-state index contributed by atoms with van der Waals surface area (Å²) in [5, 5.41) is 4.10. The second-order valence-corrected chi connectivity index (χ2v) is 6.43. The summed E-state index contributed by atoms with van der Waals surface area (Å²) in [7, 11) is 0. The van der Waals surface area contributed by atoms with Gasteiger partial charge < -0.3 is 20.8 Å². The number of H-pyrrole nitrogens is 1. The van der Waals surface area contributed by atoms with Crippen LogP contribution in [0.15, 0.2) is 42.5 Å². The number of aromatic amines is 1. The Morgan fingerprint density at radius 3 is 2.74 bits per heavy atom. The molecule has 0 bridgehead atoms. The molecular formula is C21H23N3O3. The number of aromatic nitrogens is 1. The summed E-state index contributed by atoms with van der Waals surface area (Å²) in [6.07, 6.45) is 0.959. The summed E-state index contributed by atoms with van der Waals surface area (Å²) in [5.41, 5.74) is 10.2. The van der Waals surface area contributed by atoms with Gasteiger partial charge in [0.2, 0.25) is 0 Å². The number of carbonyl (C=O) groups is 2. The molecular weight excluding hydrogens is 342 g/mol. The van der Waals surface area contributed by atoms with Crippen molar-refractivity contribution in [2.75, 3.05) is 6.61 Å². The zero-order chi connectivity index (χ0) is 19.4. The van der Waals surface area contributed by atoms with Gasteiger partial charge in [-0.25, -0.2) is 0 Å². The molecule has 0 saturated heterocycles. The largest absolute Gasteiger partial charge is 0.484 e. The maximum absolute atomic E-state index is 12.4. The summed E-state index contributed by atoms with van der Waals surface area (Å²) in [6, 6.07) is 12.8. The topological polar surface area (TPSA) is 97.2 Å². The Labute approximate surface area is 157 Å². The number of primary amides is 1. The molecule has 3 aromatic rings. The van der Waals surface area contributed by atoms with Gasteiger partial charge in [-0.3, -0.25) is 9.59 Å². The molecule has 2 amide bonds. The number of hydrogen-bond donors (Lipinski definition) is 3. The van der Waals surface area contributed by atoms with Crippen LogP contribution in [-0.2, 0) is 17.8 Å². The molecule has 4 N–H and O–H groups in total. The van der Waals surface area contributed by atoms with Crippen LogP contribution in [0.5, 0.6) is 5.75 Å². The Balaban J connectivity index is 1.68. The highest BCUT2D eigenvalue weighted by Crippen LogP contribution is 2.23. The Kier molecular flexibility index (Phi) is 5.45. The van der Waals surface area contributed by atoms with Crippen LogP contribution in [0.4, 0.5) is 0 Å². The van der Waals surface area contributed by atoms with Gasteiger partial charge in [-0.1, -0.05) is 19.1 Å². The molecule has 2 aromatic carbocycles. The van der Waals surface area contributed by atoms with Crippen LogP contribution < -0.4 is 15.8 Å². The van der Waals surface area contributed by atoms with E-state index in [1.54, 1.807) is 24.3 Å². The predicted octanol–water partition coefficient (Wildman–Crippen LogP) is 2.83. The molecule has 0 aliphatic heterocycles. The number of aryl methyl sites for hydroxylation is 2. The van der Waals surface area contributed by atoms with Gasteiger partial charge in [0.15, 0.2) is 6.61 Å². The van der Waals surface area contributed by atoms with E-state index in [0.29, 0.717) is 17.9 Å². The number of fused-ring (bicyclic) bond motifs is 1. The zero-order valence-corrected chi connectivity index (χ0v) is 15.5. The van der Waals surface area contributed by atoms with E-state index in [0.717, 1.165) is 17.5 Å². The molecule has 27 heavy (non-hydrogen) atoms. The molecule has 140 valence electrons. The van der Waals surface area contributed by atoms with E-state index in [2.05, 4.69) is 30.2 Å². The maximum atomic E-state index is 12.4. The molecule has 0 fully saturated rings. The maximum Gasteiger partial charge on any atom is 0.255 e. The van der Waals surface area contributed by atoms with Crippen LogP contribution >= 0.6 is 0 Å². The Morgan fingerprint density at radius 2 is 2.00 bits per heavy atom. The standard InChI is InChI=1S/C21H23N3O3/c1-3-18-13(2)17-9-14(7-8-19(17)24-18)11-23-21(26)15-5-4-6-16(10-15)27-12-20(22)25/h4-10,24H,3,11-12H2,1-2H3,(H2,22,25)(H,23,26). The first-order valence-electron chi connectivity index (χ1n) is 8.87. The highest BCUT2D eigenvalue weighted by atomic mass is 16.5. The molecule has 6 heteroatoms. The van der Waals surface area contributed by atoms with Crippen LogP contribution in [0.3, 0.4) is 0 Å². The van der Waals surface area contributed by atoms with E-state index >= 15 is 0 Å². The minimum atomic E-state index is -0.563. The lowest BCUT2D eigenvalue weighted by Crippen LogP contribution is -2.23. The van der Waals surface area contributed by atoms with Gasteiger partial charge in [0.25, 0.3) is 11.8 Å². The fourth-order valence-corrected chi connectivity index (χ4v) is 3.06. The number of nitrogens with one attached hydrogen (secondary N) is 2. The van der Waals surface area contributed by atoms with E-state index in [1.807, 2.05) is 12.1 Å². The third kappa shape index (κ3) is 4.28. The SMILES string of the molecule is CCc1[nH]c2ccc(CNC(=O)c3cccc(OCC(N)=O)c3)cc2c1C. The molecule has 0 spiro atoms. The van der Waals surface area contributed by atoms with Gasteiger partial charge in [-0.05, 0) is 54.8 Å². The summed E-state index contributed by atoms with van der Waals surface area (Å²) < 4.78 is 5.24. The Morgan fingerprint density at radius 1 is 1.19 bits per heavy atom. The number of carbonyl (C=O) groups excluding carboxylic acids is 2. The number of benzene rings is 2. The van der Waals surface area contributed by atoms with Crippen LogP contribution in [-0.4, -0.2) is 23.4 Å². The fraction of sp³-hybridized carbons (Fsp3) is 0.238. The number of nitrogens with two attached hydrogens (primary N) is 1. The van der Waals surface area contributed by atoms with Gasteiger partial charge in [-0.2, -0.15) is 0 Å². The van der Waals surface area contributed by atoms with Gasteiger partial charge in [0.1, 0.15) is 5.75 Å². The Bertz CT molecular complexity index is 992. The second kappa shape index (κ2) is 7.95. The first kappa shape index (κ1) is 18.5. The predicted molar refractivity (Wildman–Crippen MR) is 105 cm³/mol. The van der Waals surface area contributed by atoms with E-state index < -0.39 is 5.91 Å². The molecule has 0 atom stereocenters. The summed E-state index contributed by atoms with van der Waals surface area (Å²) in [5.74, 6) is -0.343. The van der Waals surface area contributed by atoms with Crippen LogP contribution in [0, 0.1) is 6.92 Å². The molecule has 0 aliphatic carbocycles. The van der Waals surface area contributed by atoms with Crippen molar-refractivity contribution in [1.29, 1.82) is 0 Å². The van der Waals surface area contributed by atoms with Crippen molar-refractivity contribution in [3.8, 4) is 5.75 Å². The lowest BCUT2D eigenvalue weighted by molar-refractivity contribution is -0.119. The molecule has 0 unspecified atom stereocenters. The number of hydrogen-bond acceptors (Lipinski definition) is 3. The summed E-state index contributed by atoms with van der Waals surface area (Å²) in [6.45, 7) is 4.44. The summed E-state index contributed by atoms with van der Waals surface area (Å²) in [4.78, 5) is 26.7. The van der Waals surface area contributed by atoms with Crippen molar-refractivity contribution in [1.82, 2.24) is 10.3 Å². The molecule has 1 heterocycles. The molecule has 1 aromatic heterocycles. The monoisotopic (exact) mass is 365 g/mol. The fourth-order valence-electron chi connectivity index (χ4n) is 3.06. The highest BCUT2D eigenvalue weighted by molar-refractivity contribution is 5.94. The van der Waals surface area contributed by atoms with E-state index in [1.165, 1.54) is 16.6 Å². The lowest BCUT2D eigenvalue weighted by Gasteiger charge is -2.08. The quantitative estimate of drug-likeness (QED) is 0.600. The van der Waals surface area contributed by atoms with E-state index in [4.69, 9.17) is 10.5 Å². The Hall–Kier alpha value is -3.28. The minimum absolute atomic E-state index is 0.209. The van der Waals surface area contributed by atoms with Crippen LogP contribution in [0.2, 0.25) is 0 Å². The zero-order valence-electron chi connectivity index (χ0n) is 15.5. The van der Waals surface area contributed by atoms with Crippen LogP contribution in [0.25, 0.3) is 10.9 Å². The average Bonchev–Trinajstić information content (AvgIpc) is 3.00. The third-order valence-corrected chi connectivity index (χ3v) is 4.51. The highest BCUT2D eigenvalue weighted by Gasteiger charge is 2.09. The van der Waals surface area contributed by atoms with Crippen molar-refractivity contribution < 1.29 is 14.3 Å².